The molecule has 4 N–H and O–H groups in total. The summed E-state index contributed by atoms with van der Waals surface area (Å²) in [5.41, 5.74) is 4.41. The van der Waals surface area contributed by atoms with Gasteiger partial charge in [-0.1, -0.05) is 24.3 Å². The third-order valence-electron chi connectivity index (χ3n) is 6.93. The number of nitrogens with one attached hydrogen (secondary N) is 4. The van der Waals surface area contributed by atoms with Gasteiger partial charge in [-0.3, -0.25) is 19.2 Å². The fourth-order valence-corrected chi connectivity index (χ4v) is 4.70. The van der Waals surface area contributed by atoms with E-state index in [1.54, 1.807) is 67.5 Å². The number of hydrogen-bond acceptors (Lipinski definition) is 10. The molecule has 0 saturated heterocycles. The summed E-state index contributed by atoms with van der Waals surface area (Å²) in [5, 5.41) is 7.73. The van der Waals surface area contributed by atoms with Crippen molar-refractivity contribution >= 4 is 46.9 Å². The van der Waals surface area contributed by atoms with Crippen LogP contribution < -0.4 is 21.5 Å². The number of fused-ring (bicyclic) bond motifs is 2. The maximum atomic E-state index is 14.1. The van der Waals surface area contributed by atoms with E-state index in [0.29, 0.717) is 0 Å². The Balaban J connectivity index is 1.84. The summed E-state index contributed by atoms with van der Waals surface area (Å²) in [4.78, 5) is 79.3. The lowest BCUT2D eigenvalue weighted by Crippen LogP contribution is -2.52. The summed E-state index contributed by atoms with van der Waals surface area (Å²) < 4.78 is 10.8. The number of ether oxygens (including phenoxy) is 2. The van der Waals surface area contributed by atoms with Crippen molar-refractivity contribution in [3.05, 3.63) is 58.7 Å². The van der Waals surface area contributed by atoms with Gasteiger partial charge in [0.1, 0.15) is 23.3 Å². The van der Waals surface area contributed by atoms with Gasteiger partial charge in [-0.25, -0.2) is 30.5 Å². The molecule has 0 fully saturated rings. The van der Waals surface area contributed by atoms with Crippen LogP contribution in [0.25, 0.3) is 0 Å². The number of carbonyl (C=O) groups is 6. The summed E-state index contributed by atoms with van der Waals surface area (Å²) in [6.07, 6.45) is -1.32. The second-order valence-corrected chi connectivity index (χ2v) is 13.2. The molecule has 14 heteroatoms. The highest BCUT2D eigenvalue weighted by Gasteiger charge is 2.35. The Morgan fingerprint density at radius 3 is 1.31 bits per heavy atom. The normalized spacial score (nSPS) is 13.8. The van der Waals surface area contributed by atoms with E-state index >= 15 is 0 Å². The number of nitrogens with zero attached hydrogens (tertiary/aromatic N) is 2. The predicted octanol–water partition coefficient (Wildman–Crippen LogP) is 4.64. The first-order chi connectivity index (χ1) is 22.3. The molecule has 0 bridgehead atoms. The lowest BCUT2D eigenvalue weighted by Gasteiger charge is -2.29. The van der Waals surface area contributed by atoms with Gasteiger partial charge in [-0.15, -0.1) is 0 Å². The monoisotopic (exact) mass is 666 g/mol. The summed E-state index contributed by atoms with van der Waals surface area (Å²) in [7, 11) is 0. The molecule has 4 amide bonds. The summed E-state index contributed by atoms with van der Waals surface area (Å²) in [5.74, 6) is -2.21. The van der Waals surface area contributed by atoms with Gasteiger partial charge in [-0.2, -0.15) is 0 Å². The minimum Gasteiger partial charge on any atom is -0.443 e. The Hall–Kier alpha value is -4.82. The number of anilines is 2. The first-order valence-electron chi connectivity index (χ1n) is 15.8. The van der Waals surface area contributed by atoms with Gasteiger partial charge in [0.05, 0.1) is 22.5 Å². The lowest BCUT2D eigenvalue weighted by molar-refractivity contribution is -0.119. The molecule has 0 aliphatic heterocycles. The van der Waals surface area contributed by atoms with Gasteiger partial charge in [0.15, 0.2) is 11.6 Å². The minimum absolute atomic E-state index is 0.0370. The van der Waals surface area contributed by atoms with E-state index in [9.17, 15) is 28.8 Å². The number of carbonyl (C=O) groups excluding carboxylic acids is 6. The van der Waals surface area contributed by atoms with Crippen LogP contribution in [-0.2, 0) is 19.1 Å². The smallest absolute Gasteiger partial charge is 0.424 e. The Morgan fingerprint density at radius 1 is 0.646 bits per heavy atom. The SMILES string of the molecule is CCN(NC(C)C(=O)Nc1cccc2c1C(=O)c1c(NC(=O)C(C)NN(CC)C(=O)OC(C)(C)C)cccc1C2=O)C(=O)OC(C)(C)C. The van der Waals surface area contributed by atoms with Crippen LogP contribution in [0.4, 0.5) is 21.0 Å². The standard InChI is InChI=1S/C34H46N6O8/c1-11-39(31(45)47-33(5,6)7)37-19(3)29(43)35-23-17-13-15-21-25(23)28(42)26-22(27(21)41)16-14-18-24(26)36-30(44)20(4)38-40(12-2)32(46)48-34(8,9)10/h13-20,37-38H,11-12H2,1-10H3,(H,35,43)(H,36,44). The molecule has 260 valence electrons. The highest BCUT2D eigenvalue weighted by atomic mass is 16.6. The highest BCUT2D eigenvalue weighted by Crippen LogP contribution is 2.35. The van der Waals surface area contributed by atoms with E-state index in [2.05, 4.69) is 21.5 Å². The fraction of sp³-hybridized carbons (Fsp3) is 0.471. The summed E-state index contributed by atoms with van der Waals surface area (Å²) >= 11 is 0. The van der Waals surface area contributed by atoms with Crippen molar-refractivity contribution in [2.45, 2.75) is 92.5 Å². The molecule has 2 aromatic carbocycles. The molecule has 0 heterocycles. The van der Waals surface area contributed by atoms with E-state index in [-0.39, 0.29) is 46.7 Å². The van der Waals surface area contributed by atoms with Crippen molar-refractivity contribution in [2.75, 3.05) is 23.7 Å². The molecule has 1 aliphatic rings. The van der Waals surface area contributed by atoms with Crippen LogP contribution in [0, 0.1) is 0 Å². The van der Waals surface area contributed by atoms with Gasteiger partial charge in [-0.05, 0) is 81.4 Å². The third kappa shape index (κ3) is 9.16. The average Bonchev–Trinajstić information content (AvgIpc) is 2.98. The van der Waals surface area contributed by atoms with Gasteiger partial charge in [0.25, 0.3) is 0 Å². The third-order valence-corrected chi connectivity index (χ3v) is 6.93. The van der Waals surface area contributed by atoms with Crippen molar-refractivity contribution in [2.24, 2.45) is 0 Å². The van der Waals surface area contributed by atoms with Crippen molar-refractivity contribution in [1.29, 1.82) is 0 Å². The molecule has 3 rings (SSSR count). The zero-order valence-electron chi connectivity index (χ0n) is 29.2. The number of amides is 4. The van der Waals surface area contributed by atoms with E-state index in [4.69, 9.17) is 9.47 Å². The molecule has 0 aromatic heterocycles. The lowest BCUT2D eigenvalue weighted by atomic mass is 9.82. The van der Waals surface area contributed by atoms with Crippen LogP contribution in [0.5, 0.6) is 0 Å². The fourth-order valence-electron chi connectivity index (χ4n) is 4.70. The Bertz CT molecular complexity index is 1480. The van der Waals surface area contributed by atoms with E-state index in [1.165, 1.54) is 48.1 Å². The van der Waals surface area contributed by atoms with E-state index < -0.39 is 58.9 Å². The number of rotatable bonds is 10. The largest absolute Gasteiger partial charge is 0.443 e. The van der Waals surface area contributed by atoms with E-state index in [1.807, 2.05) is 0 Å². The van der Waals surface area contributed by atoms with Gasteiger partial charge >= 0.3 is 12.2 Å². The van der Waals surface area contributed by atoms with Crippen LogP contribution in [0.2, 0.25) is 0 Å². The minimum atomic E-state index is -0.942. The Labute approximate surface area is 280 Å². The maximum Gasteiger partial charge on any atom is 0.424 e. The molecule has 0 spiro atoms. The summed E-state index contributed by atoms with van der Waals surface area (Å²) in [6.45, 7) is 17.3. The quantitative estimate of drug-likeness (QED) is 0.223. The van der Waals surface area contributed by atoms with Crippen LogP contribution in [0.3, 0.4) is 0 Å². The second-order valence-electron chi connectivity index (χ2n) is 13.2. The molecule has 2 aromatic rings. The topological polar surface area (TPSA) is 175 Å². The molecule has 14 nitrogen and oxygen atoms in total. The predicted molar refractivity (Wildman–Crippen MR) is 179 cm³/mol. The maximum absolute atomic E-state index is 14.1. The van der Waals surface area contributed by atoms with E-state index in [0.717, 1.165) is 0 Å². The number of benzene rings is 2. The van der Waals surface area contributed by atoms with Gasteiger partial charge in [0, 0.05) is 24.2 Å². The number of hydrazine groups is 2. The average molecular weight is 667 g/mol. The molecular weight excluding hydrogens is 620 g/mol. The van der Waals surface area contributed by atoms with Gasteiger partial charge in [0.2, 0.25) is 11.8 Å². The second kappa shape index (κ2) is 14.9. The number of ketones is 2. The first-order valence-corrected chi connectivity index (χ1v) is 15.8. The van der Waals surface area contributed by atoms with Crippen molar-refractivity contribution in [1.82, 2.24) is 20.9 Å². The highest BCUT2D eigenvalue weighted by molar-refractivity contribution is 6.32. The molecule has 2 unspecified atom stereocenters. The van der Waals surface area contributed by atoms with Crippen LogP contribution in [0.1, 0.15) is 101 Å². The molecule has 1 aliphatic carbocycles. The first kappa shape index (κ1) is 37.6. The zero-order valence-corrected chi connectivity index (χ0v) is 29.2. The van der Waals surface area contributed by atoms with Crippen LogP contribution in [0.15, 0.2) is 36.4 Å². The summed E-state index contributed by atoms with van der Waals surface area (Å²) in [6, 6.07) is 7.18. The Kier molecular flexibility index (Phi) is 11.7. The van der Waals surface area contributed by atoms with Gasteiger partial charge < -0.3 is 20.1 Å². The molecule has 0 saturated carbocycles. The molecule has 48 heavy (non-hydrogen) atoms. The van der Waals surface area contributed by atoms with Crippen molar-refractivity contribution in [3.8, 4) is 0 Å². The molecule has 2 atom stereocenters. The van der Waals surface area contributed by atoms with Crippen LogP contribution in [-0.4, -0.2) is 82.0 Å². The Morgan fingerprint density at radius 2 is 1.00 bits per heavy atom. The molecular formula is C34H46N6O8. The van der Waals surface area contributed by atoms with Crippen molar-refractivity contribution in [3.63, 3.8) is 0 Å². The van der Waals surface area contributed by atoms with Crippen molar-refractivity contribution < 1.29 is 38.2 Å². The number of hydrogen-bond donors (Lipinski definition) is 4. The molecule has 0 radical (unpaired) electrons. The van der Waals surface area contributed by atoms with Crippen LogP contribution >= 0.6 is 0 Å². The zero-order chi connectivity index (χ0) is 36.1.